The van der Waals surface area contributed by atoms with Crippen molar-refractivity contribution < 1.29 is 15.3 Å². The van der Waals surface area contributed by atoms with Crippen molar-refractivity contribution in [3.63, 3.8) is 0 Å². The van der Waals surface area contributed by atoms with Crippen LogP contribution in [0.3, 0.4) is 0 Å². The van der Waals surface area contributed by atoms with Crippen LogP contribution >= 0.6 is 0 Å². The van der Waals surface area contributed by atoms with Crippen LogP contribution < -0.4 is 0 Å². The molecule has 3 heteroatoms. The van der Waals surface area contributed by atoms with Gasteiger partial charge >= 0.3 is 0 Å². The first-order valence-electron chi connectivity index (χ1n) is 13.8. The van der Waals surface area contributed by atoms with Crippen LogP contribution in [-0.4, -0.2) is 33.1 Å². The van der Waals surface area contributed by atoms with Crippen molar-refractivity contribution in [1.82, 2.24) is 0 Å². The molecular weight excluding hydrogens is 420 g/mol. The summed E-state index contributed by atoms with van der Waals surface area (Å²) < 4.78 is 0. The van der Waals surface area contributed by atoms with Gasteiger partial charge in [0.1, 0.15) is 0 Å². The summed E-state index contributed by atoms with van der Waals surface area (Å²) in [7, 11) is 0. The lowest BCUT2D eigenvalue weighted by Gasteiger charge is -2.43. The number of hydrogen-bond acceptors (Lipinski definition) is 3. The summed E-state index contributed by atoms with van der Waals surface area (Å²) >= 11 is 0. The summed E-state index contributed by atoms with van der Waals surface area (Å²) in [5, 5.41) is 30.7. The van der Waals surface area contributed by atoms with E-state index in [1.165, 1.54) is 31.3 Å². The zero-order chi connectivity index (χ0) is 24.9. The van der Waals surface area contributed by atoms with Crippen molar-refractivity contribution in [2.45, 2.75) is 123 Å². The summed E-state index contributed by atoms with van der Waals surface area (Å²) in [6.45, 7) is 13.0. The van der Waals surface area contributed by atoms with Crippen LogP contribution in [0.4, 0.5) is 0 Å². The van der Waals surface area contributed by atoms with Gasteiger partial charge in [0, 0.05) is 18.8 Å². The summed E-state index contributed by atoms with van der Waals surface area (Å²) in [6, 6.07) is 0. The molecule has 190 valence electrons. The van der Waals surface area contributed by atoms with Crippen LogP contribution in [0.15, 0.2) is 35.5 Å². The van der Waals surface area contributed by atoms with Gasteiger partial charge in [-0.25, -0.2) is 0 Å². The number of aliphatic hydroxyl groups is 3. The van der Waals surface area contributed by atoms with Crippen LogP contribution in [0, 0.1) is 35.0 Å². The first kappa shape index (κ1) is 27.3. The highest BCUT2D eigenvalue weighted by Crippen LogP contribution is 2.59. The fraction of sp³-hybridized carbons (Fsp3) is 0.742. The van der Waals surface area contributed by atoms with Gasteiger partial charge in [-0.15, -0.1) is 5.92 Å². The van der Waals surface area contributed by atoms with Crippen molar-refractivity contribution >= 4 is 0 Å². The van der Waals surface area contributed by atoms with Gasteiger partial charge in [0.25, 0.3) is 0 Å². The van der Waals surface area contributed by atoms with Crippen molar-refractivity contribution in [2.75, 3.05) is 0 Å². The summed E-state index contributed by atoms with van der Waals surface area (Å²) in [6.07, 6.45) is 14.7. The summed E-state index contributed by atoms with van der Waals surface area (Å²) in [5.74, 6) is 8.65. The standard InChI is InChI=1S/C31H48O3/c1-6-31(34,7-2)19-10-8-9-12-22(3)27-16-17-28-24(13-11-18-30(27,28)5)14-15-25-20-26(32)21-29(33)23(25)4/h14-15,22,26-29,32-34H,4,6-8,10-11,13,16-21H2,1-3,5H3/b24-14+,25-15+/t22-,26-,27-,28+,29+,30-/m1/s1. The Morgan fingerprint density at radius 2 is 1.94 bits per heavy atom. The van der Waals surface area contributed by atoms with Gasteiger partial charge in [0.15, 0.2) is 0 Å². The van der Waals surface area contributed by atoms with E-state index in [9.17, 15) is 15.3 Å². The molecule has 3 fully saturated rings. The maximum Gasteiger partial charge on any atom is 0.0811 e. The van der Waals surface area contributed by atoms with Gasteiger partial charge in [-0.1, -0.05) is 57.9 Å². The van der Waals surface area contributed by atoms with Crippen LogP contribution in [0.2, 0.25) is 0 Å². The lowest BCUT2D eigenvalue weighted by atomic mass is 9.61. The van der Waals surface area contributed by atoms with E-state index in [-0.39, 0.29) is 0 Å². The average molecular weight is 469 g/mol. The molecule has 0 aromatic rings. The highest BCUT2D eigenvalue weighted by molar-refractivity contribution is 5.38. The Balaban J connectivity index is 1.64. The van der Waals surface area contributed by atoms with Crippen molar-refractivity contribution in [3.8, 4) is 11.8 Å². The van der Waals surface area contributed by atoms with E-state index in [4.69, 9.17) is 0 Å². The molecule has 3 aliphatic rings. The smallest absolute Gasteiger partial charge is 0.0811 e. The number of fused-ring (bicyclic) bond motifs is 1. The van der Waals surface area contributed by atoms with Gasteiger partial charge in [0.2, 0.25) is 0 Å². The maximum absolute atomic E-state index is 10.5. The highest BCUT2D eigenvalue weighted by Gasteiger charge is 2.50. The van der Waals surface area contributed by atoms with Gasteiger partial charge in [-0.05, 0) is 92.6 Å². The number of aliphatic hydroxyl groups excluding tert-OH is 2. The molecule has 0 aliphatic heterocycles. The molecule has 3 N–H and O–H groups in total. The van der Waals surface area contributed by atoms with E-state index in [1.54, 1.807) is 0 Å². The monoisotopic (exact) mass is 468 g/mol. The van der Waals surface area contributed by atoms with Crippen molar-refractivity contribution in [2.24, 2.45) is 23.2 Å². The first-order valence-corrected chi connectivity index (χ1v) is 13.8. The highest BCUT2D eigenvalue weighted by atomic mass is 16.3. The molecule has 0 aromatic carbocycles. The molecule has 0 radical (unpaired) electrons. The van der Waals surface area contributed by atoms with Crippen molar-refractivity contribution in [1.29, 1.82) is 0 Å². The Hall–Kier alpha value is -1.34. The molecule has 34 heavy (non-hydrogen) atoms. The van der Waals surface area contributed by atoms with Gasteiger partial charge < -0.3 is 15.3 Å². The van der Waals surface area contributed by atoms with Crippen molar-refractivity contribution in [3.05, 3.63) is 35.5 Å². The van der Waals surface area contributed by atoms with Crippen LogP contribution in [0.5, 0.6) is 0 Å². The normalized spacial score (nSPS) is 35.2. The molecule has 0 unspecified atom stereocenters. The second-order valence-electron chi connectivity index (χ2n) is 11.6. The molecule has 0 saturated heterocycles. The predicted octanol–water partition coefficient (Wildman–Crippen LogP) is 6.49. The summed E-state index contributed by atoms with van der Waals surface area (Å²) in [4.78, 5) is 0. The van der Waals surface area contributed by atoms with Crippen LogP contribution in [-0.2, 0) is 0 Å². The number of allylic oxidation sites excluding steroid dienone is 3. The SMILES string of the molecule is C=C1/C(=C/C=C2\CCC[C@]3(C)[C@@H]([C@H](C)C#CCCCC(O)(CC)CC)CC[C@@H]23)C[C@@H](O)C[C@@H]1O. The van der Waals surface area contributed by atoms with E-state index in [1.807, 2.05) is 0 Å². The zero-order valence-corrected chi connectivity index (χ0v) is 22.1. The van der Waals surface area contributed by atoms with E-state index in [0.29, 0.717) is 36.0 Å². The minimum atomic E-state index is -0.627. The number of hydrogen-bond donors (Lipinski definition) is 3. The second kappa shape index (κ2) is 11.6. The quantitative estimate of drug-likeness (QED) is 0.296. The lowest BCUT2D eigenvalue weighted by Crippen LogP contribution is -2.35. The Morgan fingerprint density at radius 3 is 2.65 bits per heavy atom. The van der Waals surface area contributed by atoms with E-state index in [0.717, 1.165) is 49.7 Å². The third-order valence-corrected chi connectivity index (χ3v) is 9.50. The minimum absolute atomic E-state index is 0.296. The second-order valence-corrected chi connectivity index (χ2v) is 11.6. The van der Waals surface area contributed by atoms with Gasteiger partial charge in [0.05, 0.1) is 17.8 Å². The number of rotatable bonds is 7. The van der Waals surface area contributed by atoms with E-state index >= 15 is 0 Å². The van der Waals surface area contributed by atoms with Crippen LogP contribution in [0.1, 0.15) is 105 Å². The molecule has 0 spiro atoms. The first-order chi connectivity index (χ1) is 16.1. The van der Waals surface area contributed by atoms with E-state index in [2.05, 4.69) is 58.3 Å². The average Bonchev–Trinajstić information content (AvgIpc) is 3.17. The lowest BCUT2D eigenvalue weighted by molar-refractivity contribution is 0.0221. The molecule has 0 aromatic heterocycles. The third-order valence-electron chi connectivity index (χ3n) is 9.50. The Bertz CT molecular complexity index is 836. The summed E-state index contributed by atoms with van der Waals surface area (Å²) in [5.41, 5.74) is 3.08. The fourth-order valence-electron chi connectivity index (χ4n) is 7.01. The zero-order valence-electron chi connectivity index (χ0n) is 22.1. The molecule has 0 bridgehead atoms. The third kappa shape index (κ3) is 6.07. The maximum atomic E-state index is 10.5. The Kier molecular flexibility index (Phi) is 9.29. The molecule has 3 rings (SSSR count). The predicted molar refractivity (Wildman–Crippen MR) is 141 cm³/mol. The molecule has 0 amide bonds. The largest absolute Gasteiger partial charge is 0.393 e. The van der Waals surface area contributed by atoms with Crippen LogP contribution in [0.25, 0.3) is 0 Å². The molecule has 3 saturated carbocycles. The Morgan fingerprint density at radius 1 is 1.21 bits per heavy atom. The molecule has 3 nitrogen and oxygen atoms in total. The minimum Gasteiger partial charge on any atom is -0.393 e. The topological polar surface area (TPSA) is 60.7 Å². The number of unbranched alkanes of at least 4 members (excludes halogenated alkanes) is 1. The molecule has 3 aliphatic carbocycles. The van der Waals surface area contributed by atoms with E-state index < -0.39 is 17.8 Å². The Labute approximate surface area is 208 Å². The molecule has 0 heterocycles. The molecule has 6 atom stereocenters. The fourth-order valence-corrected chi connectivity index (χ4v) is 7.01. The molecular formula is C31H48O3. The van der Waals surface area contributed by atoms with Gasteiger partial charge in [-0.2, -0.15) is 0 Å². The van der Waals surface area contributed by atoms with Gasteiger partial charge in [-0.3, -0.25) is 0 Å².